The second-order valence-electron chi connectivity index (χ2n) is 16.1. The van der Waals surface area contributed by atoms with Gasteiger partial charge in [0.25, 0.3) is 0 Å². The minimum absolute atomic E-state index is 0.0539. The van der Waals surface area contributed by atoms with Crippen molar-refractivity contribution >= 4 is 17.2 Å². The highest BCUT2D eigenvalue weighted by molar-refractivity contribution is 7.43. The predicted octanol–water partition coefficient (Wildman–Crippen LogP) is 14.7. The Bertz CT molecular complexity index is 2490. The fraction of sp³-hybridized carbons (Fsp3) is 0.192. The Labute approximate surface area is 356 Å². The van der Waals surface area contributed by atoms with Gasteiger partial charge in [0, 0.05) is 23.0 Å². The van der Waals surface area contributed by atoms with E-state index in [1.165, 1.54) is 22.3 Å². The molecule has 7 aromatic rings. The molecule has 3 aliphatic carbocycles. The van der Waals surface area contributed by atoms with E-state index in [1.54, 1.807) is 0 Å². The highest BCUT2D eigenvalue weighted by atomic mass is 31.2. The smallest absolute Gasteiger partial charge is 0.408 e. The van der Waals surface area contributed by atoms with Crippen molar-refractivity contribution in [2.24, 2.45) is 0 Å². The highest BCUT2D eigenvalue weighted by Crippen LogP contribution is 2.62. The Kier molecular flexibility index (Phi) is 10.8. The number of aryl methyl sites for hydroxylation is 8. The van der Waals surface area contributed by atoms with Crippen LogP contribution in [0.2, 0.25) is 0 Å². The molecule has 3 aliphatic rings. The van der Waals surface area contributed by atoms with E-state index in [4.69, 9.17) is 27.1 Å². The minimum atomic E-state index is -1.96. The molecule has 6 nitrogen and oxygen atoms in total. The van der Waals surface area contributed by atoms with Gasteiger partial charge in [0.05, 0.1) is 0 Å². The van der Waals surface area contributed by atoms with Gasteiger partial charge in [0.1, 0.15) is 34.5 Å². The van der Waals surface area contributed by atoms with Crippen molar-refractivity contribution in [2.75, 3.05) is 0 Å². The normalized spacial score (nSPS) is 14.6. The average molecular weight is 831 g/mol. The van der Waals surface area contributed by atoms with Crippen LogP contribution in [0.3, 0.4) is 0 Å². The maximum Gasteiger partial charge on any atom is 0.530 e. The van der Waals surface area contributed by atoms with E-state index in [0.29, 0.717) is 11.5 Å². The van der Waals surface area contributed by atoms with Crippen molar-refractivity contribution in [1.29, 1.82) is 0 Å². The minimum Gasteiger partial charge on any atom is -0.408 e. The molecule has 0 aliphatic heterocycles. The summed E-state index contributed by atoms with van der Waals surface area (Å²) in [6.45, 7) is 16.5. The lowest BCUT2D eigenvalue weighted by atomic mass is 9.61. The lowest BCUT2D eigenvalue weighted by Gasteiger charge is -2.43. The summed E-state index contributed by atoms with van der Waals surface area (Å²) in [5.74, 6) is 4.01. The quantitative estimate of drug-likeness (QED) is 0.114. The summed E-state index contributed by atoms with van der Waals surface area (Å²) in [4.78, 5) is 0. The van der Waals surface area contributed by atoms with Gasteiger partial charge >= 0.3 is 17.2 Å². The Morgan fingerprint density at radius 1 is 0.300 bits per heavy atom. The molecule has 7 aromatic carbocycles. The molecule has 0 fully saturated rings. The maximum absolute atomic E-state index is 7.03. The van der Waals surface area contributed by atoms with Crippen LogP contribution < -0.4 is 27.1 Å². The van der Waals surface area contributed by atoms with Gasteiger partial charge in [0.15, 0.2) is 0 Å². The van der Waals surface area contributed by atoms with Crippen LogP contribution in [0, 0.1) is 55.4 Å². The van der Waals surface area contributed by atoms with Gasteiger partial charge in [-0.15, -0.1) is 0 Å². The van der Waals surface area contributed by atoms with Gasteiger partial charge in [-0.25, -0.2) is 0 Å². The predicted molar refractivity (Wildman–Crippen MR) is 242 cm³/mol. The van der Waals surface area contributed by atoms with Gasteiger partial charge in [-0.05, 0) is 136 Å². The Hall–Kier alpha value is -5.80. The van der Waals surface area contributed by atoms with Crippen LogP contribution in [0.1, 0.15) is 89.7 Å². The zero-order valence-corrected chi connectivity index (χ0v) is 37.0. The van der Waals surface area contributed by atoms with Crippen LogP contribution in [0.25, 0.3) is 0 Å². The molecule has 0 saturated heterocycles. The van der Waals surface area contributed by atoms with E-state index < -0.39 is 17.2 Å². The molecular weight excluding hydrogens is 783 g/mol. The monoisotopic (exact) mass is 830 g/mol. The zero-order chi connectivity index (χ0) is 41.7. The number of benzene rings is 7. The van der Waals surface area contributed by atoms with Crippen LogP contribution in [-0.2, 0) is 0 Å². The van der Waals surface area contributed by atoms with Crippen LogP contribution in [0.15, 0.2) is 133 Å². The van der Waals surface area contributed by atoms with E-state index >= 15 is 0 Å². The highest BCUT2D eigenvalue weighted by Gasteiger charge is 2.45. The third-order valence-corrected chi connectivity index (χ3v) is 13.5. The SMILES string of the molecule is Cc1ccc(OP(Oc2ccc(C)cc2C)Oc2cccc3c2C2c4ccccc4C3c3cccc(OP(Oc4ccc(C)cc4C)Oc4ccc(C)cc4C)c32)c(C)c1. The molecule has 0 aromatic heterocycles. The van der Waals surface area contributed by atoms with Gasteiger partial charge in [-0.3, -0.25) is 0 Å². The molecule has 10 rings (SSSR count). The van der Waals surface area contributed by atoms with E-state index in [-0.39, 0.29) is 11.8 Å². The first-order chi connectivity index (χ1) is 29.0. The molecule has 0 saturated carbocycles. The van der Waals surface area contributed by atoms with Crippen LogP contribution in [-0.4, -0.2) is 0 Å². The Balaban J connectivity index is 1.14. The second-order valence-corrected chi connectivity index (χ2v) is 18.1. The molecular formula is C52H48O6P2. The summed E-state index contributed by atoms with van der Waals surface area (Å²) in [6, 6.07) is 46.0. The van der Waals surface area contributed by atoms with Crippen molar-refractivity contribution in [2.45, 2.75) is 67.2 Å². The van der Waals surface area contributed by atoms with E-state index in [2.05, 4.69) is 100 Å². The van der Waals surface area contributed by atoms with Crippen LogP contribution in [0.4, 0.5) is 0 Å². The number of hydrogen-bond acceptors (Lipinski definition) is 6. The summed E-state index contributed by atoms with van der Waals surface area (Å²) < 4.78 is 40.8. The van der Waals surface area contributed by atoms with Crippen molar-refractivity contribution in [3.63, 3.8) is 0 Å². The molecule has 0 unspecified atom stereocenters. The topological polar surface area (TPSA) is 55.4 Å². The van der Waals surface area contributed by atoms with Crippen molar-refractivity contribution < 1.29 is 27.1 Å². The summed E-state index contributed by atoms with van der Waals surface area (Å²) in [5.41, 5.74) is 15.7. The first-order valence-corrected chi connectivity index (χ1v) is 22.5. The van der Waals surface area contributed by atoms with Gasteiger partial charge in [0.2, 0.25) is 0 Å². The Morgan fingerprint density at radius 3 is 0.933 bits per heavy atom. The first-order valence-electron chi connectivity index (χ1n) is 20.3. The fourth-order valence-corrected chi connectivity index (χ4v) is 10.9. The van der Waals surface area contributed by atoms with E-state index in [9.17, 15) is 0 Å². The molecule has 0 atom stereocenters. The molecule has 0 N–H and O–H groups in total. The fourth-order valence-electron chi connectivity index (χ4n) is 8.60. The molecule has 0 heterocycles. The first kappa shape index (κ1) is 39.6. The summed E-state index contributed by atoms with van der Waals surface area (Å²) >= 11 is 0. The van der Waals surface area contributed by atoms with Crippen molar-refractivity contribution in [1.82, 2.24) is 0 Å². The third kappa shape index (κ3) is 7.71. The molecule has 2 bridgehead atoms. The molecule has 8 heteroatoms. The molecule has 0 spiro atoms. The van der Waals surface area contributed by atoms with Gasteiger partial charge in [-0.2, -0.15) is 0 Å². The largest absolute Gasteiger partial charge is 0.530 e. The van der Waals surface area contributed by atoms with Crippen molar-refractivity contribution in [3.05, 3.63) is 211 Å². The van der Waals surface area contributed by atoms with Crippen LogP contribution >= 0.6 is 17.2 Å². The molecule has 0 amide bonds. The second kappa shape index (κ2) is 16.3. The standard InChI is InChI=1S/C52H48O6P2/c1-31-19-23-43(35(5)27-31)53-59(54-44-24-20-32(2)28-36(44)6)57-47-17-11-15-41-49-39-13-9-10-14-40(39)52(50(41)47)51-42(49)16-12-18-48(51)58-60(55-45-25-21-33(3)29-37(45)7)56-46-26-22-34(4)30-38(46)8/h9-30,49,52H,1-8H3. The average Bonchev–Trinajstić information content (AvgIpc) is 3.22. The lowest BCUT2D eigenvalue weighted by molar-refractivity contribution is 0.381. The van der Waals surface area contributed by atoms with E-state index in [0.717, 1.165) is 78.6 Å². The van der Waals surface area contributed by atoms with Crippen molar-refractivity contribution in [3.8, 4) is 34.5 Å². The molecule has 0 radical (unpaired) electrons. The van der Waals surface area contributed by atoms with E-state index in [1.807, 2.05) is 88.4 Å². The number of rotatable bonds is 12. The lowest BCUT2D eigenvalue weighted by Crippen LogP contribution is -2.28. The summed E-state index contributed by atoms with van der Waals surface area (Å²) in [5, 5.41) is 0. The zero-order valence-electron chi connectivity index (χ0n) is 35.2. The summed E-state index contributed by atoms with van der Waals surface area (Å²) in [6.07, 6.45) is 0. The third-order valence-electron chi connectivity index (χ3n) is 11.4. The molecule has 60 heavy (non-hydrogen) atoms. The number of hydrogen-bond donors (Lipinski definition) is 0. The maximum atomic E-state index is 7.03. The molecule has 302 valence electrons. The summed E-state index contributed by atoms with van der Waals surface area (Å²) in [7, 11) is -3.92. The van der Waals surface area contributed by atoms with Gasteiger partial charge in [-0.1, -0.05) is 119 Å². The Morgan fingerprint density at radius 2 is 0.600 bits per heavy atom. The van der Waals surface area contributed by atoms with Gasteiger partial charge < -0.3 is 27.1 Å². The van der Waals surface area contributed by atoms with Crippen LogP contribution in [0.5, 0.6) is 34.5 Å².